The molecule has 3 rings (SSSR count). The molecule has 3 N–H and O–H groups in total. The standard InChI is InChI=1S/C19H15ClFN3O/c20-17-9-16(22)7-3-13(17)10-24-19(25)14-4-8-18(23-11-14)12-1-5-15(21)6-2-12/h1-9,11H,10,22H2,(H,24,25). The number of halogens is 2. The average molecular weight is 356 g/mol. The molecule has 6 heteroatoms. The fourth-order valence-corrected chi connectivity index (χ4v) is 2.56. The zero-order chi connectivity index (χ0) is 17.8. The number of nitrogens with zero attached hydrogens (tertiary/aromatic N) is 1. The molecule has 0 saturated carbocycles. The highest BCUT2D eigenvalue weighted by Crippen LogP contribution is 2.20. The number of hydrogen-bond donors (Lipinski definition) is 2. The van der Waals surface area contributed by atoms with Crippen molar-refractivity contribution in [3.05, 3.63) is 82.8 Å². The Balaban J connectivity index is 1.67. The maximum Gasteiger partial charge on any atom is 0.253 e. The second-order valence-electron chi connectivity index (χ2n) is 5.47. The molecule has 0 fully saturated rings. The summed E-state index contributed by atoms with van der Waals surface area (Å²) in [6, 6.07) is 14.6. The van der Waals surface area contributed by atoms with E-state index >= 15 is 0 Å². The molecule has 1 heterocycles. The van der Waals surface area contributed by atoms with E-state index < -0.39 is 0 Å². The molecule has 0 aliphatic carbocycles. The summed E-state index contributed by atoms with van der Waals surface area (Å²) in [7, 11) is 0. The number of hydrogen-bond acceptors (Lipinski definition) is 3. The number of nitrogens with two attached hydrogens (primary N) is 1. The lowest BCUT2D eigenvalue weighted by atomic mass is 10.1. The van der Waals surface area contributed by atoms with Gasteiger partial charge in [-0.1, -0.05) is 17.7 Å². The zero-order valence-electron chi connectivity index (χ0n) is 13.2. The summed E-state index contributed by atoms with van der Waals surface area (Å²) < 4.78 is 13.0. The van der Waals surface area contributed by atoms with E-state index in [0.717, 1.165) is 11.1 Å². The number of rotatable bonds is 4. The third-order valence-electron chi connectivity index (χ3n) is 3.68. The first-order valence-corrected chi connectivity index (χ1v) is 7.95. The molecule has 25 heavy (non-hydrogen) atoms. The highest BCUT2D eigenvalue weighted by Gasteiger charge is 2.08. The molecule has 0 radical (unpaired) electrons. The number of nitrogen functional groups attached to an aromatic ring is 1. The maximum absolute atomic E-state index is 13.0. The van der Waals surface area contributed by atoms with E-state index in [9.17, 15) is 9.18 Å². The molecule has 3 aromatic rings. The van der Waals surface area contributed by atoms with E-state index in [4.69, 9.17) is 17.3 Å². The van der Waals surface area contributed by atoms with Crippen LogP contribution in [-0.4, -0.2) is 10.9 Å². The molecule has 0 unspecified atom stereocenters. The first-order chi connectivity index (χ1) is 12.0. The Morgan fingerprint density at radius 1 is 1.12 bits per heavy atom. The molecule has 2 aromatic carbocycles. The normalized spacial score (nSPS) is 10.5. The van der Waals surface area contributed by atoms with Crippen molar-refractivity contribution >= 4 is 23.2 Å². The van der Waals surface area contributed by atoms with Crippen LogP contribution in [0.3, 0.4) is 0 Å². The van der Waals surface area contributed by atoms with Crippen LogP contribution in [0.1, 0.15) is 15.9 Å². The second kappa shape index (κ2) is 7.32. The minimum absolute atomic E-state index is 0.258. The van der Waals surface area contributed by atoms with Gasteiger partial charge in [-0.05, 0) is 54.1 Å². The van der Waals surface area contributed by atoms with E-state index in [-0.39, 0.29) is 18.3 Å². The molecule has 1 aromatic heterocycles. The number of nitrogens with one attached hydrogen (secondary N) is 1. The van der Waals surface area contributed by atoms with Crippen LogP contribution in [0.15, 0.2) is 60.8 Å². The summed E-state index contributed by atoms with van der Waals surface area (Å²) in [4.78, 5) is 16.5. The number of carbonyl (C=O) groups is 1. The Labute approximate surface area is 149 Å². The van der Waals surface area contributed by atoms with Crippen molar-refractivity contribution in [3.8, 4) is 11.3 Å². The highest BCUT2D eigenvalue weighted by molar-refractivity contribution is 6.31. The molecule has 0 atom stereocenters. The molecule has 0 saturated heterocycles. The van der Waals surface area contributed by atoms with E-state index in [1.54, 1.807) is 42.5 Å². The van der Waals surface area contributed by atoms with Crippen molar-refractivity contribution < 1.29 is 9.18 Å². The van der Waals surface area contributed by atoms with Gasteiger partial charge in [0.05, 0.1) is 11.3 Å². The van der Waals surface area contributed by atoms with E-state index in [1.807, 2.05) is 0 Å². The van der Waals surface area contributed by atoms with Gasteiger partial charge in [0.15, 0.2) is 0 Å². The monoisotopic (exact) mass is 355 g/mol. The lowest BCUT2D eigenvalue weighted by molar-refractivity contribution is 0.0950. The molecular weight excluding hydrogens is 341 g/mol. The van der Waals surface area contributed by atoms with E-state index in [0.29, 0.717) is 22.0 Å². The Morgan fingerprint density at radius 2 is 1.88 bits per heavy atom. The first kappa shape index (κ1) is 16.9. The third kappa shape index (κ3) is 4.14. The lowest BCUT2D eigenvalue weighted by Crippen LogP contribution is -2.23. The Bertz CT molecular complexity index is 896. The Hall–Kier alpha value is -2.92. The van der Waals surface area contributed by atoms with Gasteiger partial charge in [0.1, 0.15) is 5.82 Å². The molecule has 0 spiro atoms. The average Bonchev–Trinajstić information content (AvgIpc) is 2.61. The summed E-state index contributed by atoms with van der Waals surface area (Å²) in [6.07, 6.45) is 1.48. The maximum atomic E-state index is 13.0. The third-order valence-corrected chi connectivity index (χ3v) is 4.03. The number of aromatic nitrogens is 1. The van der Waals surface area contributed by atoms with Gasteiger partial charge in [0.2, 0.25) is 0 Å². The quantitative estimate of drug-likeness (QED) is 0.694. The van der Waals surface area contributed by atoms with Crippen LogP contribution in [0.25, 0.3) is 11.3 Å². The summed E-state index contributed by atoms with van der Waals surface area (Å²) in [5.41, 5.74) is 8.86. The van der Waals surface area contributed by atoms with Crippen molar-refractivity contribution in [3.63, 3.8) is 0 Å². The number of pyridine rings is 1. The van der Waals surface area contributed by atoms with Crippen LogP contribution >= 0.6 is 11.6 Å². The molecule has 0 aliphatic rings. The number of amides is 1. The van der Waals surface area contributed by atoms with Gasteiger partial charge >= 0.3 is 0 Å². The second-order valence-corrected chi connectivity index (χ2v) is 5.88. The summed E-state index contributed by atoms with van der Waals surface area (Å²) in [6.45, 7) is 0.289. The number of benzene rings is 2. The van der Waals surface area contributed by atoms with Gasteiger partial charge in [-0.25, -0.2) is 4.39 Å². The number of carbonyl (C=O) groups excluding carboxylic acids is 1. The highest BCUT2D eigenvalue weighted by atomic mass is 35.5. The van der Waals surface area contributed by atoms with Crippen LogP contribution in [-0.2, 0) is 6.54 Å². The van der Waals surface area contributed by atoms with Gasteiger partial charge in [0, 0.05) is 29.0 Å². The van der Waals surface area contributed by atoms with Crippen molar-refractivity contribution in [1.29, 1.82) is 0 Å². The molecule has 4 nitrogen and oxygen atoms in total. The summed E-state index contributed by atoms with van der Waals surface area (Å²) in [5.74, 6) is -0.563. The predicted octanol–water partition coefficient (Wildman–Crippen LogP) is 4.05. The first-order valence-electron chi connectivity index (χ1n) is 7.57. The van der Waals surface area contributed by atoms with Gasteiger partial charge in [-0.15, -0.1) is 0 Å². The van der Waals surface area contributed by atoms with Crippen molar-refractivity contribution in [1.82, 2.24) is 10.3 Å². The Morgan fingerprint density at radius 3 is 2.52 bits per heavy atom. The molecular formula is C19H15ClFN3O. The summed E-state index contributed by atoms with van der Waals surface area (Å²) >= 11 is 6.09. The number of anilines is 1. The van der Waals surface area contributed by atoms with Crippen LogP contribution < -0.4 is 11.1 Å². The van der Waals surface area contributed by atoms with Crippen molar-refractivity contribution in [2.45, 2.75) is 6.54 Å². The van der Waals surface area contributed by atoms with E-state index in [2.05, 4.69) is 10.3 Å². The SMILES string of the molecule is Nc1ccc(CNC(=O)c2ccc(-c3ccc(F)cc3)nc2)c(Cl)c1. The molecule has 0 aliphatic heterocycles. The van der Waals surface area contributed by atoms with Crippen molar-refractivity contribution in [2.24, 2.45) is 0 Å². The van der Waals surface area contributed by atoms with Crippen LogP contribution in [0.2, 0.25) is 5.02 Å². The van der Waals surface area contributed by atoms with E-state index in [1.165, 1.54) is 18.3 Å². The smallest absolute Gasteiger partial charge is 0.253 e. The predicted molar refractivity (Wildman–Crippen MR) is 96.7 cm³/mol. The fourth-order valence-electron chi connectivity index (χ4n) is 2.30. The topological polar surface area (TPSA) is 68.0 Å². The lowest BCUT2D eigenvalue weighted by Gasteiger charge is -2.08. The van der Waals surface area contributed by atoms with Crippen LogP contribution in [0, 0.1) is 5.82 Å². The van der Waals surface area contributed by atoms with Gasteiger partial charge in [0.25, 0.3) is 5.91 Å². The molecule has 126 valence electrons. The Kier molecular flexibility index (Phi) is 4.95. The van der Waals surface area contributed by atoms with Gasteiger partial charge in [-0.3, -0.25) is 9.78 Å². The van der Waals surface area contributed by atoms with Gasteiger partial charge in [-0.2, -0.15) is 0 Å². The summed E-state index contributed by atoms with van der Waals surface area (Å²) in [5, 5.41) is 3.29. The minimum Gasteiger partial charge on any atom is -0.399 e. The molecule has 0 bridgehead atoms. The van der Waals surface area contributed by atoms with Crippen LogP contribution in [0.4, 0.5) is 10.1 Å². The minimum atomic E-state index is -0.305. The fraction of sp³-hybridized carbons (Fsp3) is 0.0526. The van der Waals surface area contributed by atoms with Crippen LogP contribution in [0.5, 0.6) is 0 Å². The van der Waals surface area contributed by atoms with Crippen molar-refractivity contribution in [2.75, 3.05) is 5.73 Å². The largest absolute Gasteiger partial charge is 0.399 e. The zero-order valence-corrected chi connectivity index (χ0v) is 13.9. The van der Waals surface area contributed by atoms with Gasteiger partial charge < -0.3 is 11.1 Å². The molecule has 1 amide bonds.